The number of fused-ring (bicyclic) bond motifs is 1. The average Bonchev–Trinajstić information content (AvgIpc) is 3.51. The highest BCUT2D eigenvalue weighted by Gasteiger charge is 2.14. The van der Waals surface area contributed by atoms with Crippen LogP contribution in [0.2, 0.25) is 0 Å². The van der Waals surface area contributed by atoms with Crippen LogP contribution in [0, 0.1) is 6.92 Å². The second-order valence-electron chi connectivity index (χ2n) is 7.48. The van der Waals surface area contributed by atoms with Gasteiger partial charge < -0.3 is 15.1 Å². The van der Waals surface area contributed by atoms with Gasteiger partial charge in [0.05, 0.1) is 16.5 Å². The Balaban J connectivity index is 1.30. The van der Waals surface area contributed by atoms with E-state index in [1.54, 1.807) is 41.7 Å². The summed E-state index contributed by atoms with van der Waals surface area (Å²) in [5.41, 5.74) is 4.47. The molecule has 0 aliphatic rings. The molecule has 0 atom stereocenters. The molecule has 6 nitrogen and oxygen atoms in total. The zero-order valence-electron chi connectivity index (χ0n) is 17.7. The molecule has 5 aromatic rings. The fourth-order valence-corrected chi connectivity index (χ4v) is 4.36. The van der Waals surface area contributed by atoms with Crippen molar-refractivity contribution in [2.45, 2.75) is 6.92 Å². The van der Waals surface area contributed by atoms with Gasteiger partial charge in [0.1, 0.15) is 5.01 Å². The summed E-state index contributed by atoms with van der Waals surface area (Å²) in [6, 6.07) is 24.0. The summed E-state index contributed by atoms with van der Waals surface area (Å²) in [5, 5.41) is 6.63. The Kier molecular flexibility index (Phi) is 5.46. The van der Waals surface area contributed by atoms with Crippen LogP contribution in [0.3, 0.4) is 0 Å². The van der Waals surface area contributed by atoms with E-state index >= 15 is 0 Å². The number of rotatable bonds is 5. The number of aromatic nitrogens is 1. The average molecular weight is 454 g/mol. The number of aryl methyl sites for hydroxylation is 1. The number of nitrogens with one attached hydrogen (secondary N) is 2. The molecule has 3 aromatic carbocycles. The number of para-hydroxylation sites is 1. The number of carbonyl (C=O) groups excluding carboxylic acids is 2. The summed E-state index contributed by atoms with van der Waals surface area (Å²) in [5.74, 6) is -0.431. The number of anilines is 2. The maximum absolute atomic E-state index is 12.8. The lowest BCUT2D eigenvalue weighted by atomic mass is 10.1. The Morgan fingerprint density at radius 3 is 2.45 bits per heavy atom. The standard InChI is InChI=1S/C26H19N3O3S/c1-16-8-9-18(15-21(16)28-25(31)22-6-4-14-32-22)24(30)27-19-12-10-17(11-13-19)26-29-20-5-2-3-7-23(20)33-26/h2-15H,1H3,(H,27,30)(H,28,31). The van der Waals surface area contributed by atoms with Gasteiger partial charge in [0.2, 0.25) is 0 Å². The van der Waals surface area contributed by atoms with E-state index in [-0.39, 0.29) is 17.6 Å². The summed E-state index contributed by atoms with van der Waals surface area (Å²) < 4.78 is 6.27. The van der Waals surface area contributed by atoms with Gasteiger partial charge in [0.15, 0.2) is 5.76 Å². The van der Waals surface area contributed by atoms with Crippen LogP contribution in [0.5, 0.6) is 0 Å². The fourth-order valence-electron chi connectivity index (χ4n) is 3.38. The first kappa shape index (κ1) is 20.7. The molecular formula is C26H19N3O3S. The van der Waals surface area contributed by atoms with Crippen molar-refractivity contribution in [2.24, 2.45) is 0 Å². The van der Waals surface area contributed by atoms with Crippen LogP contribution in [0.25, 0.3) is 20.8 Å². The first-order valence-corrected chi connectivity index (χ1v) is 11.1. The van der Waals surface area contributed by atoms with Gasteiger partial charge in [-0.3, -0.25) is 9.59 Å². The topological polar surface area (TPSA) is 84.2 Å². The zero-order valence-corrected chi connectivity index (χ0v) is 18.5. The van der Waals surface area contributed by atoms with Crippen molar-refractivity contribution >= 4 is 44.7 Å². The second-order valence-corrected chi connectivity index (χ2v) is 8.51. The van der Waals surface area contributed by atoms with Gasteiger partial charge in [-0.2, -0.15) is 0 Å². The summed E-state index contributed by atoms with van der Waals surface area (Å²) in [7, 11) is 0. The molecule has 0 aliphatic heterocycles. The molecule has 5 rings (SSSR count). The molecule has 0 fully saturated rings. The Morgan fingerprint density at radius 1 is 0.879 bits per heavy atom. The van der Waals surface area contributed by atoms with Crippen molar-refractivity contribution < 1.29 is 14.0 Å². The van der Waals surface area contributed by atoms with E-state index in [9.17, 15) is 9.59 Å². The highest BCUT2D eigenvalue weighted by molar-refractivity contribution is 7.21. The molecule has 0 radical (unpaired) electrons. The Hall–Kier alpha value is -4.23. The molecule has 0 spiro atoms. The molecule has 2 N–H and O–H groups in total. The lowest BCUT2D eigenvalue weighted by Crippen LogP contribution is -2.15. The van der Waals surface area contributed by atoms with Crippen LogP contribution in [-0.2, 0) is 0 Å². The molecule has 0 bridgehead atoms. The smallest absolute Gasteiger partial charge is 0.291 e. The van der Waals surface area contributed by atoms with Crippen LogP contribution in [-0.4, -0.2) is 16.8 Å². The number of amides is 2. The summed E-state index contributed by atoms with van der Waals surface area (Å²) in [4.78, 5) is 29.8. The minimum absolute atomic E-state index is 0.206. The Morgan fingerprint density at radius 2 is 1.70 bits per heavy atom. The molecule has 0 saturated heterocycles. The Bertz CT molecular complexity index is 1420. The van der Waals surface area contributed by atoms with Crippen LogP contribution in [0.1, 0.15) is 26.5 Å². The molecule has 2 amide bonds. The fraction of sp³-hybridized carbons (Fsp3) is 0.0385. The lowest BCUT2D eigenvalue weighted by Gasteiger charge is -2.11. The SMILES string of the molecule is Cc1ccc(C(=O)Nc2ccc(-c3nc4ccccc4s3)cc2)cc1NC(=O)c1ccco1. The lowest BCUT2D eigenvalue weighted by molar-refractivity contribution is 0.0993. The first-order valence-electron chi connectivity index (χ1n) is 10.3. The molecule has 0 aliphatic carbocycles. The largest absolute Gasteiger partial charge is 0.459 e. The van der Waals surface area contributed by atoms with Gasteiger partial charge in [-0.25, -0.2) is 4.98 Å². The van der Waals surface area contributed by atoms with E-state index in [0.29, 0.717) is 16.9 Å². The van der Waals surface area contributed by atoms with E-state index in [1.165, 1.54) is 6.26 Å². The van der Waals surface area contributed by atoms with Crippen LogP contribution in [0.4, 0.5) is 11.4 Å². The second kappa shape index (κ2) is 8.72. The first-order chi connectivity index (χ1) is 16.1. The molecule has 0 saturated carbocycles. The van der Waals surface area contributed by atoms with Gasteiger partial charge in [0.25, 0.3) is 11.8 Å². The molecule has 2 aromatic heterocycles. The third kappa shape index (κ3) is 4.40. The quantitative estimate of drug-likeness (QED) is 0.324. The summed E-state index contributed by atoms with van der Waals surface area (Å²) in [6.07, 6.45) is 1.44. The number of benzene rings is 3. The molecule has 162 valence electrons. The Labute approximate surface area is 193 Å². The number of hydrogen-bond acceptors (Lipinski definition) is 5. The van der Waals surface area contributed by atoms with Crippen molar-refractivity contribution in [1.29, 1.82) is 0 Å². The number of nitrogens with zero attached hydrogens (tertiary/aromatic N) is 1. The number of thiazole rings is 1. The molecule has 0 unspecified atom stereocenters. The predicted octanol–water partition coefficient (Wildman–Crippen LogP) is 6.37. The molecule has 33 heavy (non-hydrogen) atoms. The van der Waals surface area contributed by atoms with Crippen LogP contribution < -0.4 is 10.6 Å². The number of carbonyl (C=O) groups is 2. The molecule has 7 heteroatoms. The van der Waals surface area contributed by atoms with E-state index in [2.05, 4.69) is 21.7 Å². The monoisotopic (exact) mass is 453 g/mol. The molecule has 2 heterocycles. The van der Waals surface area contributed by atoms with Gasteiger partial charge in [-0.1, -0.05) is 18.2 Å². The van der Waals surface area contributed by atoms with Gasteiger partial charge in [0, 0.05) is 22.5 Å². The molecular weight excluding hydrogens is 434 g/mol. The van der Waals surface area contributed by atoms with Crippen molar-refractivity contribution in [3.8, 4) is 10.6 Å². The van der Waals surface area contributed by atoms with E-state index in [0.717, 1.165) is 26.4 Å². The van der Waals surface area contributed by atoms with E-state index < -0.39 is 0 Å². The van der Waals surface area contributed by atoms with Crippen LogP contribution >= 0.6 is 11.3 Å². The van der Waals surface area contributed by atoms with E-state index in [1.807, 2.05) is 49.4 Å². The number of furan rings is 1. The summed E-state index contributed by atoms with van der Waals surface area (Å²) in [6.45, 7) is 1.86. The van der Waals surface area contributed by atoms with Crippen molar-refractivity contribution in [2.75, 3.05) is 10.6 Å². The van der Waals surface area contributed by atoms with Crippen molar-refractivity contribution in [1.82, 2.24) is 4.98 Å². The minimum atomic E-state index is -0.369. The van der Waals surface area contributed by atoms with Gasteiger partial charge >= 0.3 is 0 Å². The third-order valence-electron chi connectivity index (χ3n) is 5.18. The van der Waals surface area contributed by atoms with E-state index in [4.69, 9.17) is 4.42 Å². The predicted molar refractivity (Wildman–Crippen MR) is 131 cm³/mol. The highest BCUT2D eigenvalue weighted by Crippen LogP contribution is 2.30. The van der Waals surface area contributed by atoms with Gasteiger partial charge in [-0.05, 0) is 73.2 Å². The minimum Gasteiger partial charge on any atom is -0.459 e. The highest BCUT2D eigenvalue weighted by atomic mass is 32.1. The maximum Gasteiger partial charge on any atom is 0.291 e. The number of hydrogen-bond donors (Lipinski definition) is 2. The zero-order chi connectivity index (χ0) is 22.8. The van der Waals surface area contributed by atoms with Crippen molar-refractivity contribution in [3.05, 3.63) is 102 Å². The maximum atomic E-state index is 12.8. The van der Waals surface area contributed by atoms with Crippen LogP contribution in [0.15, 0.2) is 89.5 Å². The van der Waals surface area contributed by atoms with Crippen molar-refractivity contribution in [3.63, 3.8) is 0 Å². The normalized spacial score (nSPS) is 10.8. The summed E-state index contributed by atoms with van der Waals surface area (Å²) >= 11 is 1.63. The van der Waals surface area contributed by atoms with Gasteiger partial charge in [-0.15, -0.1) is 11.3 Å². The third-order valence-corrected chi connectivity index (χ3v) is 6.26.